The number of nitrogens with one attached hydrogen (secondary N) is 2. The smallest absolute Gasteiger partial charge is 0.255 e. The number of methoxy groups -OCH3 is 1. The van der Waals surface area contributed by atoms with E-state index in [0.717, 1.165) is 27.9 Å². The number of rotatable bonds is 7. The molecule has 0 bridgehead atoms. The summed E-state index contributed by atoms with van der Waals surface area (Å²) in [5, 5.41) is 14.1. The van der Waals surface area contributed by atoms with Gasteiger partial charge in [-0.3, -0.25) is 4.79 Å². The second kappa shape index (κ2) is 9.33. The third-order valence-corrected chi connectivity index (χ3v) is 5.49. The maximum atomic E-state index is 12.9. The van der Waals surface area contributed by atoms with Crippen molar-refractivity contribution in [1.82, 2.24) is 10.3 Å². The van der Waals surface area contributed by atoms with Crippen molar-refractivity contribution >= 4 is 34.5 Å². The number of hydrogen-bond acceptors (Lipinski definition) is 3. The van der Waals surface area contributed by atoms with Crippen LogP contribution in [0.5, 0.6) is 5.75 Å². The number of aliphatic hydroxyl groups excluding tert-OH is 1. The van der Waals surface area contributed by atoms with Crippen LogP contribution in [-0.2, 0) is 0 Å². The number of aromatic amines is 1. The van der Waals surface area contributed by atoms with Crippen LogP contribution in [0.15, 0.2) is 47.7 Å². The lowest BCUT2D eigenvalue weighted by atomic mass is 9.98. The predicted molar refractivity (Wildman–Crippen MR) is 118 cm³/mol. The van der Waals surface area contributed by atoms with Gasteiger partial charge in [-0.1, -0.05) is 49.8 Å². The molecular weight excluding hydrogens is 388 g/mol. The number of amides is 1. The first-order chi connectivity index (χ1) is 13.9. The molecule has 6 heteroatoms. The SMILES string of the molecule is COc1c(C(=O)N[C@H](CO)C(C)C)ccc2[nH]cc(/C=C/C3C=CC(Cl)=CC3)c12. The number of carbonyl (C=O) groups is 1. The number of fused-ring (bicyclic) bond motifs is 1. The van der Waals surface area contributed by atoms with E-state index in [1.54, 1.807) is 13.2 Å². The number of hydrogen-bond donors (Lipinski definition) is 3. The largest absolute Gasteiger partial charge is 0.495 e. The predicted octanol–water partition coefficient (Wildman–Crippen LogP) is 4.64. The number of aromatic nitrogens is 1. The fourth-order valence-corrected chi connectivity index (χ4v) is 3.55. The van der Waals surface area contributed by atoms with E-state index in [4.69, 9.17) is 16.3 Å². The van der Waals surface area contributed by atoms with E-state index in [2.05, 4.69) is 22.5 Å². The van der Waals surface area contributed by atoms with E-state index in [1.165, 1.54) is 0 Å². The number of carbonyl (C=O) groups excluding carboxylic acids is 1. The van der Waals surface area contributed by atoms with Crippen LogP contribution in [0.1, 0.15) is 36.2 Å². The normalized spacial score (nSPS) is 17.7. The highest BCUT2D eigenvalue weighted by Crippen LogP contribution is 2.34. The van der Waals surface area contributed by atoms with Crippen molar-refractivity contribution in [2.75, 3.05) is 13.7 Å². The van der Waals surface area contributed by atoms with Crippen molar-refractivity contribution in [3.05, 3.63) is 58.8 Å². The molecule has 1 heterocycles. The van der Waals surface area contributed by atoms with Crippen LogP contribution in [0.4, 0.5) is 0 Å². The summed E-state index contributed by atoms with van der Waals surface area (Å²) in [5.74, 6) is 0.651. The molecule has 2 atom stereocenters. The highest BCUT2D eigenvalue weighted by Gasteiger charge is 2.21. The molecule has 1 amide bonds. The van der Waals surface area contributed by atoms with E-state index in [1.807, 2.05) is 44.3 Å². The third kappa shape index (κ3) is 4.74. The summed E-state index contributed by atoms with van der Waals surface area (Å²) >= 11 is 5.99. The summed E-state index contributed by atoms with van der Waals surface area (Å²) in [6.07, 6.45) is 12.9. The van der Waals surface area contributed by atoms with Gasteiger partial charge in [0.1, 0.15) is 5.75 Å². The number of aliphatic hydroxyl groups is 1. The molecule has 1 unspecified atom stereocenters. The molecule has 1 aliphatic rings. The summed E-state index contributed by atoms with van der Waals surface area (Å²) in [5.41, 5.74) is 2.28. The fraction of sp³-hybridized carbons (Fsp3) is 0.348. The van der Waals surface area contributed by atoms with Gasteiger partial charge in [-0.05, 0) is 36.5 Å². The maximum Gasteiger partial charge on any atom is 0.255 e. The van der Waals surface area contributed by atoms with Crippen LogP contribution >= 0.6 is 11.6 Å². The Morgan fingerprint density at radius 1 is 1.45 bits per heavy atom. The summed E-state index contributed by atoms with van der Waals surface area (Å²) in [4.78, 5) is 16.1. The fourth-order valence-electron chi connectivity index (χ4n) is 3.39. The summed E-state index contributed by atoms with van der Waals surface area (Å²) in [6, 6.07) is 3.30. The minimum atomic E-state index is -0.313. The average Bonchev–Trinajstić information content (AvgIpc) is 3.13. The van der Waals surface area contributed by atoms with Gasteiger partial charge in [0.2, 0.25) is 0 Å². The van der Waals surface area contributed by atoms with E-state index < -0.39 is 0 Å². The molecule has 154 valence electrons. The van der Waals surface area contributed by atoms with Gasteiger partial charge in [-0.25, -0.2) is 0 Å². The topological polar surface area (TPSA) is 74.3 Å². The Balaban J connectivity index is 1.93. The zero-order chi connectivity index (χ0) is 21.0. The number of allylic oxidation sites excluding steroid dienone is 5. The van der Waals surface area contributed by atoms with Crippen LogP contribution in [-0.4, -0.2) is 35.8 Å². The first kappa shape index (κ1) is 21.2. The van der Waals surface area contributed by atoms with Crippen LogP contribution in [0, 0.1) is 11.8 Å². The molecule has 0 fully saturated rings. The molecule has 3 rings (SSSR count). The lowest BCUT2D eigenvalue weighted by Gasteiger charge is -2.20. The number of ether oxygens (including phenoxy) is 1. The lowest BCUT2D eigenvalue weighted by Crippen LogP contribution is -2.41. The van der Waals surface area contributed by atoms with Gasteiger partial charge >= 0.3 is 0 Å². The molecular formula is C23H27ClN2O3. The van der Waals surface area contributed by atoms with Gasteiger partial charge in [0, 0.05) is 27.7 Å². The molecule has 2 aromatic rings. The Bertz CT molecular complexity index is 972. The van der Waals surface area contributed by atoms with Gasteiger partial charge in [0.05, 0.1) is 25.3 Å². The van der Waals surface area contributed by atoms with E-state index >= 15 is 0 Å². The first-order valence-electron chi connectivity index (χ1n) is 9.76. The highest BCUT2D eigenvalue weighted by atomic mass is 35.5. The van der Waals surface area contributed by atoms with E-state index in [9.17, 15) is 9.90 Å². The average molecular weight is 415 g/mol. The molecule has 0 aliphatic heterocycles. The second-order valence-corrected chi connectivity index (χ2v) is 7.96. The van der Waals surface area contributed by atoms with Crippen molar-refractivity contribution < 1.29 is 14.6 Å². The molecule has 1 aromatic heterocycles. The third-order valence-electron chi connectivity index (χ3n) is 5.21. The Morgan fingerprint density at radius 3 is 2.86 bits per heavy atom. The van der Waals surface area contributed by atoms with Crippen molar-refractivity contribution in [3.8, 4) is 5.75 Å². The molecule has 1 aromatic carbocycles. The van der Waals surface area contributed by atoms with Crippen LogP contribution < -0.4 is 10.1 Å². The summed E-state index contributed by atoms with van der Waals surface area (Å²) in [6.45, 7) is 3.80. The number of benzene rings is 1. The van der Waals surface area contributed by atoms with Gasteiger partial charge in [0.25, 0.3) is 5.91 Å². The van der Waals surface area contributed by atoms with E-state index in [0.29, 0.717) is 11.3 Å². The zero-order valence-electron chi connectivity index (χ0n) is 16.9. The Morgan fingerprint density at radius 2 is 2.24 bits per heavy atom. The first-order valence-corrected chi connectivity index (χ1v) is 10.1. The van der Waals surface area contributed by atoms with Gasteiger partial charge in [-0.2, -0.15) is 0 Å². The van der Waals surface area contributed by atoms with Crippen LogP contribution in [0.2, 0.25) is 0 Å². The Kier molecular flexibility index (Phi) is 6.83. The van der Waals surface area contributed by atoms with Crippen molar-refractivity contribution in [2.24, 2.45) is 11.8 Å². The van der Waals surface area contributed by atoms with Gasteiger partial charge in [-0.15, -0.1) is 0 Å². The standard InChI is InChI=1S/C23H27ClN2O3/c1-14(2)20(13-27)26-23(28)18-10-11-19-21(22(18)29-3)16(12-25-19)7-4-15-5-8-17(24)9-6-15/h4-5,7-12,14-15,20,25,27H,6,13H2,1-3H3,(H,26,28)/b7-4+/t15?,20-/m1/s1. The molecule has 29 heavy (non-hydrogen) atoms. The van der Waals surface area contributed by atoms with Crippen molar-refractivity contribution in [1.29, 1.82) is 0 Å². The minimum Gasteiger partial charge on any atom is -0.495 e. The van der Waals surface area contributed by atoms with Crippen molar-refractivity contribution in [3.63, 3.8) is 0 Å². The minimum absolute atomic E-state index is 0.112. The molecule has 5 nitrogen and oxygen atoms in total. The zero-order valence-corrected chi connectivity index (χ0v) is 17.7. The van der Waals surface area contributed by atoms with E-state index in [-0.39, 0.29) is 30.4 Å². The number of H-pyrrole nitrogens is 1. The molecule has 0 radical (unpaired) electrons. The molecule has 3 N–H and O–H groups in total. The molecule has 0 spiro atoms. The summed E-state index contributed by atoms with van der Waals surface area (Å²) < 4.78 is 5.64. The van der Waals surface area contributed by atoms with Gasteiger partial charge in [0.15, 0.2) is 0 Å². The van der Waals surface area contributed by atoms with Gasteiger partial charge < -0.3 is 20.1 Å². The Labute approximate surface area is 176 Å². The molecule has 0 saturated carbocycles. The number of halogens is 1. The quantitative estimate of drug-likeness (QED) is 0.618. The maximum absolute atomic E-state index is 12.9. The second-order valence-electron chi connectivity index (χ2n) is 7.53. The van der Waals surface area contributed by atoms with Crippen molar-refractivity contribution in [2.45, 2.75) is 26.3 Å². The van der Waals surface area contributed by atoms with Crippen LogP contribution in [0.25, 0.3) is 17.0 Å². The van der Waals surface area contributed by atoms with Crippen LogP contribution in [0.3, 0.4) is 0 Å². The Hall–Kier alpha value is -2.50. The monoisotopic (exact) mass is 414 g/mol. The molecule has 0 saturated heterocycles. The lowest BCUT2D eigenvalue weighted by molar-refractivity contribution is 0.0894. The molecule has 1 aliphatic carbocycles. The summed E-state index contributed by atoms with van der Waals surface area (Å²) in [7, 11) is 1.56. The highest BCUT2D eigenvalue weighted by molar-refractivity contribution is 6.31.